The molecule has 0 aliphatic carbocycles. The molecule has 0 aliphatic heterocycles. The van der Waals surface area contributed by atoms with Gasteiger partial charge in [-0.15, -0.1) is 0 Å². The van der Waals surface area contributed by atoms with Gasteiger partial charge in [-0.25, -0.2) is 9.18 Å². The molecule has 0 bridgehead atoms. The molecular weight excluding hydrogens is 370 g/mol. The number of hydrogen-bond donors (Lipinski definition) is 2. The van der Waals surface area contributed by atoms with Gasteiger partial charge >= 0.3 is 5.97 Å². The first-order chi connectivity index (χ1) is 11.9. The monoisotopic (exact) mass is 384 g/mol. The van der Waals surface area contributed by atoms with E-state index in [9.17, 15) is 14.0 Å². The molecule has 25 heavy (non-hydrogen) atoms. The topological polar surface area (TPSA) is 67.4 Å². The van der Waals surface area contributed by atoms with E-state index in [0.29, 0.717) is 22.9 Å². The molecule has 0 unspecified atom stereocenters. The molecule has 8 heteroatoms. The van der Waals surface area contributed by atoms with E-state index in [1.54, 1.807) is 0 Å². The van der Waals surface area contributed by atoms with Gasteiger partial charge in [-0.3, -0.25) is 4.79 Å². The second-order valence-electron chi connectivity index (χ2n) is 5.04. The molecule has 2 aromatic carbocycles. The number of anilines is 2. The van der Waals surface area contributed by atoms with Gasteiger partial charge < -0.3 is 15.4 Å². The lowest BCUT2D eigenvalue weighted by Gasteiger charge is -2.10. The van der Waals surface area contributed by atoms with Gasteiger partial charge in [-0.05, 0) is 36.4 Å². The zero-order valence-corrected chi connectivity index (χ0v) is 14.7. The van der Waals surface area contributed by atoms with E-state index in [1.165, 1.54) is 43.5 Å². The number of amides is 1. The number of ether oxygens (including phenoxy) is 1. The number of carbonyl (C=O) groups is 2. The van der Waals surface area contributed by atoms with Crippen molar-refractivity contribution in [2.24, 2.45) is 0 Å². The summed E-state index contributed by atoms with van der Waals surface area (Å²) in [5.74, 6) is -1.34. The highest BCUT2D eigenvalue weighted by molar-refractivity contribution is 6.33. The zero-order chi connectivity index (χ0) is 18.4. The quantitative estimate of drug-likeness (QED) is 0.726. The van der Waals surface area contributed by atoms with Crippen molar-refractivity contribution in [2.75, 3.05) is 24.3 Å². The molecule has 5 nitrogen and oxygen atoms in total. The molecule has 2 aromatic rings. The van der Waals surface area contributed by atoms with Crippen LogP contribution in [0.4, 0.5) is 15.8 Å². The molecule has 0 fully saturated rings. The van der Waals surface area contributed by atoms with Crippen LogP contribution in [0.2, 0.25) is 10.0 Å². The van der Waals surface area contributed by atoms with Gasteiger partial charge in [0.05, 0.1) is 28.4 Å². The molecule has 0 spiro atoms. The van der Waals surface area contributed by atoms with Gasteiger partial charge in [0.25, 0.3) is 0 Å². The Morgan fingerprint density at radius 3 is 2.56 bits per heavy atom. The number of hydrogen-bond acceptors (Lipinski definition) is 4. The highest BCUT2D eigenvalue weighted by Gasteiger charge is 2.11. The molecule has 0 aliphatic rings. The van der Waals surface area contributed by atoms with Crippen LogP contribution in [-0.4, -0.2) is 25.5 Å². The van der Waals surface area contributed by atoms with E-state index in [0.717, 1.165) is 0 Å². The summed E-state index contributed by atoms with van der Waals surface area (Å²) in [5.41, 5.74) is 1.20. The third-order valence-corrected chi connectivity index (χ3v) is 3.88. The number of methoxy groups -OCH3 is 1. The predicted octanol–water partition coefficient (Wildman–Crippen LogP) is 4.36. The van der Waals surface area contributed by atoms with Crippen molar-refractivity contribution in [3.63, 3.8) is 0 Å². The Morgan fingerprint density at radius 1 is 1.12 bits per heavy atom. The minimum atomic E-state index is -0.526. The van der Waals surface area contributed by atoms with Crippen LogP contribution >= 0.6 is 23.2 Å². The summed E-state index contributed by atoms with van der Waals surface area (Å²) in [4.78, 5) is 23.5. The third kappa shape index (κ3) is 5.34. The van der Waals surface area contributed by atoms with Crippen molar-refractivity contribution in [2.45, 2.75) is 6.42 Å². The number of halogens is 3. The summed E-state index contributed by atoms with van der Waals surface area (Å²) in [6.07, 6.45) is 0.133. The Labute approximate surface area is 154 Å². The zero-order valence-electron chi connectivity index (χ0n) is 13.2. The van der Waals surface area contributed by atoms with Crippen LogP contribution in [0.25, 0.3) is 0 Å². The highest BCUT2D eigenvalue weighted by atomic mass is 35.5. The summed E-state index contributed by atoms with van der Waals surface area (Å²) in [5, 5.41) is 5.90. The second kappa shape index (κ2) is 8.69. The van der Waals surface area contributed by atoms with Crippen LogP contribution in [0.5, 0.6) is 0 Å². The van der Waals surface area contributed by atoms with E-state index in [-0.39, 0.29) is 22.9 Å². The van der Waals surface area contributed by atoms with Crippen LogP contribution in [0, 0.1) is 5.82 Å². The normalized spacial score (nSPS) is 10.2. The van der Waals surface area contributed by atoms with Crippen molar-refractivity contribution < 1.29 is 18.7 Å². The van der Waals surface area contributed by atoms with Gasteiger partial charge in [0, 0.05) is 18.7 Å². The van der Waals surface area contributed by atoms with Gasteiger partial charge in [0.15, 0.2) is 0 Å². The van der Waals surface area contributed by atoms with Crippen LogP contribution in [-0.2, 0) is 9.53 Å². The van der Waals surface area contributed by atoms with Gasteiger partial charge in [0.1, 0.15) is 5.82 Å². The first-order valence-electron chi connectivity index (χ1n) is 7.27. The van der Waals surface area contributed by atoms with Crippen LogP contribution in [0.3, 0.4) is 0 Å². The van der Waals surface area contributed by atoms with Crippen LogP contribution in [0.1, 0.15) is 16.8 Å². The Bertz CT molecular complexity index is 799. The molecule has 0 saturated heterocycles. The number of benzene rings is 2. The first-order valence-corrected chi connectivity index (χ1v) is 8.03. The Morgan fingerprint density at radius 2 is 1.88 bits per heavy atom. The standard InChI is InChI=1S/C17H15Cl2FN2O3/c1-25-17(24)10-2-4-12(18)15(8-10)22-16(23)6-7-21-11-3-5-14(20)13(19)9-11/h2-5,8-9,21H,6-7H2,1H3,(H,22,23). The average molecular weight is 385 g/mol. The molecular formula is C17H15Cl2FN2O3. The second-order valence-corrected chi connectivity index (χ2v) is 5.85. The molecule has 0 atom stereocenters. The Kier molecular flexibility index (Phi) is 6.61. The number of carbonyl (C=O) groups excluding carboxylic acids is 2. The van der Waals surface area contributed by atoms with Gasteiger partial charge in [-0.1, -0.05) is 23.2 Å². The molecule has 0 radical (unpaired) electrons. The minimum absolute atomic E-state index is 0.000795. The molecule has 0 heterocycles. The average Bonchev–Trinajstić information content (AvgIpc) is 2.59. The highest BCUT2D eigenvalue weighted by Crippen LogP contribution is 2.24. The largest absolute Gasteiger partial charge is 0.465 e. The summed E-state index contributed by atoms with van der Waals surface area (Å²) in [6.45, 7) is 0.308. The molecule has 2 rings (SSSR count). The fraction of sp³-hybridized carbons (Fsp3) is 0.176. The molecule has 132 valence electrons. The summed E-state index contributed by atoms with van der Waals surface area (Å²) in [6, 6.07) is 8.65. The van der Waals surface area contributed by atoms with E-state index in [4.69, 9.17) is 23.2 Å². The lowest BCUT2D eigenvalue weighted by molar-refractivity contribution is -0.115. The lowest BCUT2D eigenvalue weighted by atomic mass is 10.2. The van der Waals surface area contributed by atoms with Crippen molar-refractivity contribution in [3.8, 4) is 0 Å². The summed E-state index contributed by atoms with van der Waals surface area (Å²) in [7, 11) is 1.27. The molecule has 0 aromatic heterocycles. The summed E-state index contributed by atoms with van der Waals surface area (Å²) >= 11 is 11.7. The molecule has 2 N–H and O–H groups in total. The predicted molar refractivity (Wildman–Crippen MR) is 95.9 cm³/mol. The van der Waals surface area contributed by atoms with Gasteiger partial charge in [0.2, 0.25) is 5.91 Å². The van der Waals surface area contributed by atoms with Crippen molar-refractivity contribution >= 4 is 46.5 Å². The maximum absolute atomic E-state index is 13.1. The Balaban J connectivity index is 1.91. The Hall–Kier alpha value is -2.31. The lowest BCUT2D eigenvalue weighted by Crippen LogP contribution is -2.17. The van der Waals surface area contributed by atoms with Gasteiger partial charge in [-0.2, -0.15) is 0 Å². The van der Waals surface area contributed by atoms with Crippen LogP contribution in [0.15, 0.2) is 36.4 Å². The maximum Gasteiger partial charge on any atom is 0.337 e. The fourth-order valence-corrected chi connectivity index (χ4v) is 2.35. The third-order valence-electron chi connectivity index (χ3n) is 3.26. The first kappa shape index (κ1) is 19.0. The smallest absolute Gasteiger partial charge is 0.337 e. The van der Waals surface area contributed by atoms with E-state index in [1.807, 2.05) is 0 Å². The van der Waals surface area contributed by atoms with E-state index < -0.39 is 11.8 Å². The minimum Gasteiger partial charge on any atom is -0.465 e. The molecule has 1 amide bonds. The van der Waals surface area contributed by atoms with Crippen molar-refractivity contribution in [1.29, 1.82) is 0 Å². The number of nitrogens with one attached hydrogen (secondary N) is 2. The maximum atomic E-state index is 13.1. The van der Waals surface area contributed by atoms with Crippen LogP contribution < -0.4 is 10.6 Å². The van der Waals surface area contributed by atoms with E-state index >= 15 is 0 Å². The number of esters is 1. The number of rotatable bonds is 6. The van der Waals surface area contributed by atoms with Crippen molar-refractivity contribution in [3.05, 3.63) is 57.8 Å². The SMILES string of the molecule is COC(=O)c1ccc(Cl)c(NC(=O)CCNc2ccc(F)c(Cl)c2)c1. The van der Waals surface area contributed by atoms with Crippen molar-refractivity contribution in [1.82, 2.24) is 0 Å². The van der Waals surface area contributed by atoms with E-state index in [2.05, 4.69) is 15.4 Å². The fourth-order valence-electron chi connectivity index (χ4n) is 2.01. The molecule has 0 saturated carbocycles. The summed E-state index contributed by atoms with van der Waals surface area (Å²) < 4.78 is 17.7.